The lowest BCUT2D eigenvalue weighted by Crippen LogP contribution is -2.66. The molecule has 1 aliphatic rings. The van der Waals surface area contributed by atoms with Gasteiger partial charge in [-0.15, -0.1) is 11.3 Å². The Balaban J connectivity index is 1.88. The molecule has 10 heteroatoms. The van der Waals surface area contributed by atoms with Crippen LogP contribution in [0.25, 0.3) is 11.3 Å². The molecule has 0 aliphatic carbocycles. The molecule has 3 atom stereocenters. The highest BCUT2D eigenvalue weighted by Gasteiger charge is 2.58. The summed E-state index contributed by atoms with van der Waals surface area (Å²) in [5, 5.41) is 28.5. The van der Waals surface area contributed by atoms with Crippen LogP contribution in [-0.2, 0) is 24.5 Å². The first-order chi connectivity index (χ1) is 18.2. The van der Waals surface area contributed by atoms with Gasteiger partial charge < -0.3 is 30.3 Å². The Morgan fingerprint density at radius 3 is 2.45 bits per heavy atom. The topological polar surface area (TPSA) is 130 Å². The summed E-state index contributed by atoms with van der Waals surface area (Å²) in [5.74, 6) is -1.52. The van der Waals surface area contributed by atoms with Crippen LogP contribution >= 0.6 is 11.3 Å². The van der Waals surface area contributed by atoms with Gasteiger partial charge in [0.1, 0.15) is 5.41 Å². The van der Waals surface area contributed by atoms with Crippen LogP contribution in [-0.4, -0.2) is 52.4 Å². The number of nitrogens with zero attached hydrogens (tertiary/aromatic N) is 1. The van der Waals surface area contributed by atoms with Crippen LogP contribution in [0, 0.1) is 0 Å². The van der Waals surface area contributed by atoms with Crippen LogP contribution in [0.4, 0.5) is 5.13 Å². The lowest BCUT2D eigenvalue weighted by Gasteiger charge is -2.48. The van der Waals surface area contributed by atoms with Gasteiger partial charge in [0, 0.05) is 22.7 Å². The second-order valence-electron chi connectivity index (χ2n) is 8.90. The second kappa shape index (κ2) is 11.1. The first-order valence-corrected chi connectivity index (χ1v) is 13.2. The standard InChI is InChI=1S/C28H31N3O6S/c1-5-36-25(34)23-16(3)29-17(4)28(26(35)37-6-2,19-10-8-7-9-11-19)24(23)31-27-30-20(15-38-27)18-12-13-21(32)22(33)14-18/h7-15,17,24,29,32-33H,5-6H2,1-4H3,(H,30,31). The van der Waals surface area contributed by atoms with Gasteiger partial charge in [-0.25, -0.2) is 9.78 Å². The van der Waals surface area contributed by atoms with Crippen LogP contribution in [0.1, 0.15) is 33.3 Å². The normalized spacial score (nSPS) is 20.9. The molecule has 3 unspecified atom stereocenters. The van der Waals surface area contributed by atoms with Gasteiger partial charge in [-0.2, -0.15) is 0 Å². The molecule has 1 aromatic heterocycles. The molecule has 0 amide bonds. The molecule has 9 nitrogen and oxygen atoms in total. The Morgan fingerprint density at radius 2 is 1.79 bits per heavy atom. The molecule has 0 fully saturated rings. The molecule has 4 N–H and O–H groups in total. The van der Waals surface area contributed by atoms with E-state index in [0.717, 1.165) is 0 Å². The molecule has 38 heavy (non-hydrogen) atoms. The number of phenolic OH excluding ortho intramolecular Hbond substituents is 2. The average molecular weight is 538 g/mol. The van der Waals surface area contributed by atoms with Crippen molar-refractivity contribution in [2.24, 2.45) is 0 Å². The van der Waals surface area contributed by atoms with Crippen molar-refractivity contribution < 1.29 is 29.3 Å². The number of benzene rings is 2. The van der Waals surface area contributed by atoms with E-state index >= 15 is 0 Å². The van der Waals surface area contributed by atoms with Gasteiger partial charge in [0.15, 0.2) is 16.6 Å². The number of anilines is 1. The highest BCUT2D eigenvalue weighted by Crippen LogP contribution is 2.43. The first-order valence-electron chi connectivity index (χ1n) is 12.4. The lowest BCUT2D eigenvalue weighted by molar-refractivity contribution is -0.152. The van der Waals surface area contributed by atoms with Crippen LogP contribution in [0.3, 0.4) is 0 Å². The van der Waals surface area contributed by atoms with E-state index in [9.17, 15) is 19.8 Å². The predicted molar refractivity (Wildman–Crippen MR) is 145 cm³/mol. The highest BCUT2D eigenvalue weighted by atomic mass is 32.1. The predicted octanol–water partition coefficient (Wildman–Crippen LogP) is 4.33. The zero-order valence-corrected chi connectivity index (χ0v) is 22.5. The number of allylic oxidation sites excluding steroid dienone is 1. The molecule has 3 aromatic rings. The summed E-state index contributed by atoms with van der Waals surface area (Å²) >= 11 is 1.29. The van der Waals surface area contributed by atoms with Crippen molar-refractivity contribution >= 4 is 28.4 Å². The van der Waals surface area contributed by atoms with Gasteiger partial charge >= 0.3 is 11.9 Å². The average Bonchev–Trinajstić information content (AvgIpc) is 3.35. The molecule has 200 valence electrons. The molecule has 0 saturated carbocycles. The maximum Gasteiger partial charge on any atom is 0.337 e. The van der Waals surface area contributed by atoms with Crippen molar-refractivity contribution in [2.45, 2.75) is 45.2 Å². The molecular formula is C28H31N3O6S. The maximum absolute atomic E-state index is 13.9. The van der Waals surface area contributed by atoms with Crippen molar-refractivity contribution in [1.82, 2.24) is 10.3 Å². The fourth-order valence-electron chi connectivity index (χ4n) is 4.95. The van der Waals surface area contributed by atoms with Gasteiger partial charge in [0.05, 0.1) is 30.5 Å². The van der Waals surface area contributed by atoms with Crippen LogP contribution in [0.15, 0.2) is 65.2 Å². The fourth-order valence-corrected chi connectivity index (χ4v) is 5.70. The molecule has 0 bridgehead atoms. The van der Waals surface area contributed by atoms with Gasteiger partial charge in [0.2, 0.25) is 0 Å². The summed E-state index contributed by atoms with van der Waals surface area (Å²) in [6.07, 6.45) is 0. The smallest absolute Gasteiger partial charge is 0.337 e. The van der Waals surface area contributed by atoms with E-state index in [-0.39, 0.29) is 30.3 Å². The number of aromatic hydroxyl groups is 2. The van der Waals surface area contributed by atoms with Crippen LogP contribution < -0.4 is 10.6 Å². The Morgan fingerprint density at radius 1 is 1.08 bits per heavy atom. The SMILES string of the molecule is CCOC(=O)C1=C(C)NC(C)C(C(=O)OCC)(c2ccccc2)C1Nc1nc(-c2ccc(O)c(O)c2)cs1. The van der Waals surface area contributed by atoms with E-state index < -0.39 is 29.4 Å². The van der Waals surface area contributed by atoms with Crippen molar-refractivity contribution in [3.63, 3.8) is 0 Å². The third kappa shape index (κ3) is 4.79. The highest BCUT2D eigenvalue weighted by molar-refractivity contribution is 7.14. The Labute approximate surface area is 225 Å². The zero-order chi connectivity index (χ0) is 27.4. The number of hydrogen-bond donors (Lipinski definition) is 4. The molecule has 1 aliphatic heterocycles. The van der Waals surface area contributed by atoms with E-state index in [1.165, 1.54) is 23.5 Å². The fraction of sp³-hybridized carbons (Fsp3) is 0.321. The third-order valence-corrected chi connectivity index (χ3v) is 7.44. The molecule has 4 rings (SSSR count). The Bertz CT molecular complexity index is 1360. The molecule has 2 aromatic carbocycles. The number of esters is 2. The molecule has 0 saturated heterocycles. The first kappa shape index (κ1) is 27.0. The number of ether oxygens (including phenoxy) is 2. The molecular weight excluding hydrogens is 506 g/mol. The van der Waals surface area contributed by atoms with E-state index in [1.807, 2.05) is 37.3 Å². The maximum atomic E-state index is 13.9. The van der Waals surface area contributed by atoms with Gasteiger partial charge in [-0.1, -0.05) is 30.3 Å². The number of hydrogen-bond acceptors (Lipinski definition) is 10. The van der Waals surface area contributed by atoms with E-state index in [1.54, 1.807) is 32.2 Å². The number of nitrogens with one attached hydrogen (secondary N) is 2. The number of rotatable bonds is 8. The lowest BCUT2D eigenvalue weighted by atomic mass is 9.64. The summed E-state index contributed by atoms with van der Waals surface area (Å²) in [6, 6.07) is 12.3. The van der Waals surface area contributed by atoms with Crippen molar-refractivity contribution in [1.29, 1.82) is 0 Å². The second-order valence-corrected chi connectivity index (χ2v) is 9.76. The molecule has 0 radical (unpaired) electrons. The van der Waals surface area contributed by atoms with Crippen molar-refractivity contribution in [3.8, 4) is 22.8 Å². The van der Waals surface area contributed by atoms with Crippen LogP contribution in [0.5, 0.6) is 11.5 Å². The number of aromatic nitrogens is 1. The number of carbonyl (C=O) groups is 2. The Hall–Kier alpha value is -4.05. The summed E-state index contributed by atoms with van der Waals surface area (Å²) in [4.78, 5) is 31.9. The monoisotopic (exact) mass is 537 g/mol. The van der Waals surface area contributed by atoms with Gasteiger partial charge in [-0.05, 0) is 51.5 Å². The minimum Gasteiger partial charge on any atom is -0.504 e. The quantitative estimate of drug-likeness (QED) is 0.245. The van der Waals surface area contributed by atoms with Crippen molar-refractivity contribution in [2.75, 3.05) is 18.5 Å². The number of carbonyl (C=O) groups excluding carboxylic acids is 2. The van der Waals surface area contributed by atoms with E-state index in [2.05, 4.69) is 15.6 Å². The largest absolute Gasteiger partial charge is 0.504 e. The molecule has 2 heterocycles. The van der Waals surface area contributed by atoms with Crippen molar-refractivity contribution in [3.05, 3.63) is 70.7 Å². The summed E-state index contributed by atoms with van der Waals surface area (Å²) < 4.78 is 11.1. The molecule has 0 spiro atoms. The van der Waals surface area contributed by atoms with Crippen LogP contribution in [0.2, 0.25) is 0 Å². The summed E-state index contributed by atoms with van der Waals surface area (Å²) in [6.45, 7) is 7.47. The Kier molecular flexibility index (Phi) is 7.91. The summed E-state index contributed by atoms with van der Waals surface area (Å²) in [5.41, 5.74) is 1.34. The number of thiazole rings is 1. The van der Waals surface area contributed by atoms with Gasteiger partial charge in [-0.3, -0.25) is 4.79 Å². The minimum absolute atomic E-state index is 0.163. The number of phenols is 2. The van der Waals surface area contributed by atoms with E-state index in [4.69, 9.17) is 9.47 Å². The minimum atomic E-state index is -1.35. The zero-order valence-electron chi connectivity index (χ0n) is 21.6. The third-order valence-electron chi connectivity index (χ3n) is 6.67. The van der Waals surface area contributed by atoms with Gasteiger partial charge in [0.25, 0.3) is 0 Å². The summed E-state index contributed by atoms with van der Waals surface area (Å²) in [7, 11) is 0. The van der Waals surface area contributed by atoms with E-state index in [0.29, 0.717) is 27.6 Å².